The summed E-state index contributed by atoms with van der Waals surface area (Å²) < 4.78 is 11.3. The number of ether oxygens (including phenoxy) is 2. The third-order valence-corrected chi connectivity index (χ3v) is 7.61. The third-order valence-electron chi connectivity index (χ3n) is 5.83. The minimum absolute atomic E-state index is 0.426. The lowest BCUT2D eigenvalue weighted by Crippen LogP contribution is -2.50. The molecule has 0 spiro atoms. The van der Waals surface area contributed by atoms with E-state index in [4.69, 9.17) is 14.5 Å². The first-order chi connectivity index (χ1) is 14.3. The number of anilines is 1. The van der Waals surface area contributed by atoms with Crippen LogP contribution < -0.4 is 5.32 Å². The third kappa shape index (κ3) is 4.04. The van der Waals surface area contributed by atoms with Crippen molar-refractivity contribution in [2.45, 2.75) is 19.4 Å². The summed E-state index contributed by atoms with van der Waals surface area (Å²) in [6.45, 7) is 8.15. The van der Waals surface area contributed by atoms with E-state index in [-0.39, 0.29) is 0 Å². The molecule has 0 radical (unpaired) electrons. The monoisotopic (exact) mass is 430 g/mol. The Morgan fingerprint density at radius 2 is 2.10 bits per heavy atom. The highest BCUT2D eigenvalue weighted by Crippen LogP contribution is 2.39. The van der Waals surface area contributed by atoms with Crippen molar-refractivity contribution in [3.05, 3.63) is 28.7 Å². The van der Waals surface area contributed by atoms with Crippen molar-refractivity contribution < 1.29 is 9.47 Å². The molecule has 0 aromatic carbocycles. The number of rotatable bonds is 6. The molecule has 0 amide bonds. The van der Waals surface area contributed by atoms with Gasteiger partial charge in [-0.15, -0.1) is 22.7 Å². The average molecular weight is 431 g/mol. The van der Waals surface area contributed by atoms with Gasteiger partial charge >= 0.3 is 0 Å². The van der Waals surface area contributed by atoms with Crippen LogP contribution in [0, 0.1) is 12.8 Å². The van der Waals surface area contributed by atoms with E-state index in [1.54, 1.807) is 22.7 Å². The summed E-state index contributed by atoms with van der Waals surface area (Å²) in [6, 6.07) is 4.69. The molecule has 3 aromatic heterocycles. The van der Waals surface area contributed by atoms with Crippen LogP contribution in [0.1, 0.15) is 12.2 Å². The molecule has 5 rings (SSSR count). The van der Waals surface area contributed by atoms with Gasteiger partial charge in [-0.3, -0.25) is 4.90 Å². The van der Waals surface area contributed by atoms with Crippen molar-refractivity contribution in [2.75, 3.05) is 51.4 Å². The van der Waals surface area contributed by atoms with Gasteiger partial charge in [0.25, 0.3) is 0 Å². The number of hydrogen-bond acceptors (Lipinski definition) is 8. The van der Waals surface area contributed by atoms with E-state index in [0.717, 1.165) is 74.3 Å². The molecule has 154 valence electrons. The van der Waals surface area contributed by atoms with E-state index in [0.29, 0.717) is 12.0 Å². The maximum Gasteiger partial charge on any atom is 0.139 e. The van der Waals surface area contributed by atoms with Crippen LogP contribution in [0.25, 0.3) is 20.7 Å². The first-order valence-corrected chi connectivity index (χ1v) is 12.0. The van der Waals surface area contributed by atoms with Crippen molar-refractivity contribution in [1.82, 2.24) is 14.9 Å². The minimum Gasteiger partial charge on any atom is -0.381 e. The average Bonchev–Trinajstić information content (AvgIpc) is 3.50. The Balaban J connectivity index is 1.44. The van der Waals surface area contributed by atoms with Crippen molar-refractivity contribution in [1.29, 1.82) is 0 Å². The van der Waals surface area contributed by atoms with Crippen LogP contribution in [-0.2, 0) is 9.47 Å². The molecule has 0 unspecified atom stereocenters. The zero-order chi connectivity index (χ0) is 19.6. The van der Waals surface area contributed by atoms with Gasteiger partial charge in [0, 0.05) is 54.0 Å². The lowest BCUT2D eigenvalue weighted by atomic mass is 9.97. The molecular formula is C21H26N4O2S2. The highest BCUT2D eigenvalue weighted by atomic mass is 32.1. The number of nitrogens with zero attached hydrogens (tertiary/aromatic N) is 3. The Kier molecular flexibility index (Phi) is 5.78. The van der Waals surface area contributed by atoms with Crippen LogP contribution in [0.3, 0.4) is 0 Å². The van der Waals surface area contributed by atoms with E-state index in [9.17, 15) is 0 Å². The summed E-state index contributed by atoms with van der Waals surface area (Å²) in [6.07, 6.45) is 1.13. The van der Waals surface area contributed by atoms with Gasteiger partial charge in [-0.05, 0) is 24.8 Å². The highest BCUT2D eigenvalue weighted by molar-refractivity contribution is 7.18. The summed E-state index contributed by atoms with van der Waals surface area (Å²) in [5.41, 5.74) is 1.23. The topological polar surface area (TPSA) is 59.5 Å². The number of aryl methyl sites for hydroxylation is 1. The second-order valence-electron chi connectivity index (χ2n) is 7.65. The Hall–Kier alpha value is -1.58. The first-order valence-electron chi connectivity index (χ1n) is 10.2. The number of nitrogens with one attached hydrogen (secondary N) is 1. The van der Waals surface area contributed by atoms with Gasteiger partial charge in [0.2, 0.25) is 0 Å². The number of morpholine rings is 1. The molecule has 6 nitrogen and oxygen atoms in total. The quantitative estimate of drug-likeness (QED) is 0.641. The summed E-state index contributed by atoms with van der Waals surface area (Å²) >= 11 is 3.46. The maximum atomic E-state index is 5.72. The number of hydrogen-bond donors (Lipinski definition) is 1. The first kappa shape index (κ1) is 19.4. The fourth-order valence-corrected chi connectivity index (χ4v) is 6.16. The van der Waals surface area contributed by atoms with Crippen LogP contribution in [0.4, 0.5) is 5.82 Å². The van der Waals surface area contributed by atoms with Gasteiger partial charge < -0.3 is 14.8 Å². The van der Waals surface area contributed by atoms with Crippen LogP contribution in [0.5, 0.6) is 0 Å². The normalized spacial score (nSPS) is 21.6. The number of fused-ring (bicyclic) bond motifs is 1. The molecule has 8 heteroatoms. The van der Waals surface area contributed by atoms with Gasteiger partial charge in [-0.2, -0.15) is 0 Å². The lowest BCUT2D eigenvalue weighted by Gasteiger charge is -2.37. The summed E-state index contributed by atoms with van der Waals surface area (Å²) in [5.74, 6) is 2.32. The van der Waals surface area contributed by atoms with Crippen LogP contribution in [0.15, 0.2) is 22.9 Å². The molecule has 2 aliphatic heterocycles. The Morgan fingerprint density at radius 1 is 1.21 bits per heavy atom. The van der Waals surface area contributed by atoms with E-state index >= 15 is 0 Å². The second-order valence-corrected chi connectivity index (χ2v) is 9.45. The standard InChI is InChI=1S/C21H26N4O2S2/c1-14-23-20(19-16(13-29-21(19)24-14)18-3-2-10-28-18)22-11-17(15-4-7-27-12-15)25-5-8-26-9-6-25/h2-3,10,13,15,17H,4-9,11-12H2,1H3,(H,22,23,24)/t15-,17-/m0/s1. The van der Waals surface area contributed by atoms with Crippen molar-refractivity contribution in [3.63, 3.8) is 0 Å². The fourth-order valence-electron chi connectivity index (χ4n) is 4.35. The minimum atomic E-state index is 0.426. The molecule has 0 bridgehead atoms. The molecule has 5 heterocycles. The van der Waals surface area contributed by atoms with Gasteiger partial charge in [0.15, 0.2) is 0 Å². The Morgan fingerprint density at radius 3 is 2.86 bits per heavy atom. The molecular weight excluding hydrogens is 404 g/mol. The molecule has 2 aliphatic rings. The van der Waals surface area contributed by atoms with Crippen molar-refractivity contribution in [3.8, 4) is 10.4 Å². The fraction of sp³-hybridized carbons (Fsp3) is 0.524. The van der Waals surface area contributed by atoms with E-state index < -0.39 is 0 Å². The molecule has 2 fully saturated rings. The van der Waals surface area contributed by atoms with Crippen LogP contribution in [-0.4, -0.2) is 67.0 Å². The zero-order valence-electron chi connectivity index (χ0n) is 16.6. The van der Waals surface area contributed by atoms with Crippen LogP contribution in [0.2, 0.25) is 0 Å². The Labute approximate surface area is 178 Å². The summed E-state index contributed by atoms with van der Waals surface area (Å²) in [5, 5.41) is 9.19. The second kappa shape index (κ2) is 8.65. The maximum absolute atomic E-state index is 5.72. The largest absolute Gasteiger partial charge is 0.381 e. The SMILES string of the molecule is Cc1nc(NC[C@@H]([C@H]2CCOC2)N2CCOCC2)c2c(-c3cccs3)csc2n1. The van der Waals surface area contributed by atoms with Crippen molar-refractivity contribution >= 4 is 38.7 Å². The summed E-state index contributed by atoms with van der Waals surface area (Å²) in [4.78, 5) is 14.4. The molecule has 0 aliphatic carbocycles. The van der Waals surface area contributed by atoms with E-state index in [1.165, 1.54) is 10.4 Å². The lowest BCUT2D eigenvalue weighted by molar-refractivity contribution is 0.00460. The molecule has 29 heavy (non-hydrogen) atoms. The van der Waals surface area contributed by atoms with E-state index in [1.807, 2.05) is 6.92 Å². The Bertz CT molecular complexity index is 947. The molecule has 1 N–H and O–H groups in total. The predicted molar refractivity (Wildman–Crippen MR) is 119 cm³/mol. The summed E-state index contributed by atoms with van der Waals surface area (Å²) in [7, 11) is 0. The van der Waals surface area contributed by atoms with Crippen LogP contribution >= 0.6 is 22.7 Å². The van der Waals surface area contributed by atoms with Gasteiger partial charge in [0.1, 0.15) is 16.5 Å². The zero-order valence-corrected chi connectivity index (χ0v) is 18.2. The highest BCUT2D eigenvalue weighted by Gasteiger charge is 2.31. The molecule has 2 atom stereocenters. The van der Waals surface area contributed by atoms with Gasteiger partial charge in [-0.25, -0.2) is 9.97 Å². The number of thiophene rings is 2. The molecule has 0 saturated carbocycles. The van der Waals surface area contributed by atoms with E-state index in [2.05, 4.69) is 38.1 Å². The van der Waals surface area contributed by atoms with Crippen molar-refractivity contribution in [2.24, 2.45) is 5.92 Å². The molecule has 3 aromatic rings. The smallest absolute Gasteiger partial charge is 0.139 e. The number of aromatic nitrogens is 2. The molecule has 2 saturated heterocycles. The van der Waals surface area contributed by atoms with Gasteiger partial charge in [0.05, 0.1) is 25.2 Å². The van der Waals surface area contributed by atoms with Gasteiger partial charge in [-0.1, -0.05) is 6.07 Å². The predicted octanol–water partition coefficient (Wildman–Crippen LogP) is 3.88.